The normalized spacial score (nSPS) is 10.0. The van der Waals surface area contributed by atoms with E-state index in [0.717, 1.165) is 16.9 Å². The van der Waals surface area contributed by atoms with Gasteiger partial charge < -0.3 is 9.47 Å². The average molecular weight is 298 g/mol. The van der Waals surface area contributed by atoms with Crippen molar-refractivity contribution in [2.24, 2.45) is 0 Å². The zero-order valence-electron chi connectivity index (χ0n) is 12.5. The molecule has 0 saturated heterocycles. The number of esters is 1. The molecule has 22 heavy (non-hydrogen) atoms. The Balaban J connectivity index is 1.77. The van der Waals surface area contributed by atoms with Crippen molar-refractivity contribution in [3.05, 3.63) is 65.7 Å². The number of Topliss-reactive ketones (excluding diaryl/α,β-unsaturated/α-hetero) is 1. The van der Waals surface area contributed by atoms with Gasteiger partial charge in [-0.2, -0.15) is 0 Å². The van der Waals surface area contributed by atoms with Crippen LogP contribution in [0.2, 0.25) is 0 Å². The monoisotopic (exact) mass is 298 g/mol. The fourth-order valence-corrected chi connectivity index (χ4v) is 1.96. The molecule has 0 spiro atoms. The first-order valence-corrected chi connectivity index (χ1v) is 7.06. The lowest BCUT2D eigenvalue weighted by Crippen LogP contribution is -2.17. The fourth-order valence-electron chi connectivity index (χ4n) is 1.96. The average Bonchev–Trinajstić information content (AvgIpc) is 2.58. The second-order valence-corrected chi connectivity index (χ2v) is 4.83. The summed E-state index contributed by atoms with van der Waals surface area (Å²) >= 11 is 0. The van der Waals surface area contributed by atoms with Crippen molar-refractivity contribution in [1.29, 1.82) is 0 Å². The predicted molar refractivity (Wildman–Crippen MR) is 82.6 cm³/mol. The molecule has 0 aromatic heterocycles. The van der Waals surface area contributed by atoms with E-state index in [1.165, 1.54) is 0 Å². The Hall–Kier alpha value is -2.62. The van der Waals surface area contributed by atoms with Crippen LogP contribution < -0.4 is 4.74 Å². The van der Waals surface area contributed by atoms with Crippen molar-refractivity contribution in [3.8, 4) is 5.75 Å². The largest absolute Gasteiger partial charge is 0.497 e. The van der Waals surface area contributed by atoms with E-state index in [1.54, 1.807) is 7.11 Å². The number of ether oxygens (including phenoxy) is 2. The topological polar surface area (TPSA) is 52.6 Å². The number of carbonyl (C=O) groups is 2. The van der Waals surface area contributed by atoms with Crippen LogP contribution in [-0.4, -0.2) is 18.9 Å². The minimum atomic E-state index is -0.780. The highest BCUT2D eigenvalue weighted by atomic mass is 16.5. The molecule has 0 atom stereocenters. The Morgan fingerprint density at radius 2 is 1.59 bits per heavy atom. The number of ketones is 1. The van der Waals surface area contributed by atoms with E-state index in [9.17, 15) is 9.59 Å². The van der Waals surface area contributed by atoms with Crippen LogP contribution in [-0.2, 0) is 27.4 Å². The van der Waals surface area contributed by atoms with Crippen LogP contribution in [0.25, 0.3) is 0 Å². The number of hydrogen-bond acceptors (Lipinski definition) is 4. The molecule has 0 unspecified atom stereocenters. The summed E-state index contributed by atoms with van der Waals surface area (Å²) in [5.74, 6) is -0.526. The smallest absolute Gasteiger partial charge is 0.374 e. The summed E-state index contributed by atoms with van der Waals surface area (Å²) in [6.45, 7) is 0.119. The van der Waals surface area contributed by atoms with Crippen molar-refractivity contribution in [3.63, 3.8) is 0 Å². The lowest BCUT2D eigenvalue weighted by Gasteiger charge is -2.05. The number of methoxy groups -OCH3 is 1. The van der Waals surface area contributed by atoms with E-state index in [1.807, 2.05) is 54.6 Å². The minimum absolute atomic E-state index is 0.119. The van der Waals surface area contributed by atoms with Crippen molar-refractivity contribution in [1.82, 2.24) is 0 Å². The summed E-state index contributed by atoms with van der Waals surface area (Å²) in [5.41, 5.74) is 1.84. The summed E-state index contributed by atoms with van der Waals surface area (Å²) in [7, 11) is 1.60. The summed E-state index contributed by atoms with van der Waals surface area (Å²) < 4.78 is 10.1. The number of rotatable bonds is 7. The van der Waals surface area contributed by atoms with Crippen LogP contribution in [0.15, 0.2) is 54.6 Å². The van der Waals surface area contributed by atoms with Gasteiger partial charge in [0, 0.05) is 6.42 Å². The van der Waals surface area contributed by atoms with Gasteiger partial charge in [0.1, 0.15) is 12.4 Å². The van der Waals surface area contributed by atoms with E-state index in [0.29, 0.717) is 6.42 Å². The maximum absolute atomic E-state index is 11.8. The first-order valence-electron chi connectivity index (χ1n) is 7.06. The number of benzene rings is 2. The molecule has 4 nitrogen and oxygen atoms in total. The van der Waals surface area contributed by atoms with Gasteiger partial charge in [-0.15, -0.1) is 0 Å². The number of carbonyl (C=O) groups excluding carboxylic acids is 2. The molecule has 0 amide bonds. The molecule has 2 aromatic rings. The Kier molecular flexibility index (Phi) is 5.72. The standard InChI is InChI=1S/C18H18O4/c1-21-16-10-7-14(8-11-16)9-12-17(19)18(20)22-13-15-5-3-2-4-6-15/h2-8,10-11H,9,12-13H2,1H3. The molecule has 114 valence electrons. The molecule has 0 heterocycles. The number of hydrogen-bond donors (Lipinski definition) is 0. The first kappa shape index (κ1) is 15.8. The quantitative estimate of drug-likeness (QED) is 0.582. The third-order valence-corrected chi connectivity index (χ3v) is 3.24. The summed E-state index contributed by atoms with van der Waals surface area (Å²) in [6, 6.07) is 16.7. The maximum atomic E-state index is 11.8. The summed E-state index contributed by atoms with van der Waals surface area (Å²) in [4.78, 5) is 23.4. The Bertz CT molecular complexity index is 617. The van der Waals surface area contributed by atoms with Gasteiger partial charge in [-0.3, -0.25) is 4.79 Å². The van der Waals surface area contributed by atoms with Gasteiger partial charge in [-0.05, 0) is 29.7 Å². The van der Waals surface area contributed by atoms with E-state index in [4.69, 9.17) is 9.47 Å². The third kappa shape index (κ3) is 4.74. The first-order chi connectivity index (χ1) is 10.7. The highest BCUT2D eigenvalue weighted by Crippen LogP contribution is 2.13. The molecule has 0 bridgehead atoms. The van der Waals surface area contributed by atoms with E-state index in [2.05, 4.69) is 0 Å². The number of aryl methyl sites for hydroxylation is 1. The van der Waals surface area contributed by atoms with Crippen LogP contribution in [0.3, 0.4) is 0 Å². The Morgan fingerprint density at radius 3 is 2.23 bits per heavy atom. The molecule has 2 rings (SSSR count). The molecule has 0 radical (unpaired) electrons. The zero-order chi connectivity index (χ0) is 15.8. The lowest BCUT2D eigenvalue weighted by atomic mass is 10.1. The second kappa shape index (κ2) is 7.98. The zero-order valence-corrected chi connectivity index (χ0v) is 12.5. The maximum Gasteiger partial charge on any atom is 0.374 e. The lowest BCUT2D eigenvalue weighted by molar-refractivity contribution is -0.154. The van der Waals surface area contributed by atoms with Crippen LogP contribution in [0, 0.1) is 0 Å². The second-order valence-electron chi connectivity index (χ2n) is 4.83. The Morgan fingerprint density at radius 1 is 0.909 bits per heavy atom. The Labute approximate surface area is 129 Å². The van der Waals surface area contributed by atoms with E-state index < -0.39 is 11.8 Å². The van der Waals surface area contributed by atoms with Crippen molar-refractivity contribution in [2.75, 3.05) is 7.11 Å². The van der Waals surface area contributed by atoms with E-state index >= 15 is 0 Å². The van der Waals surface area contributed by atoms with Gasteiger partial charge in [0.2, 0.25) is 5.78 Å². The van der Waals surface area contributed by atoms with Gasteiger partial charge in [0.25, 0.3) is 0 Å². The highest BCUT2D eigenvalue weighted by molar-refractivity contribution is 6.33. The van der Waals surface area contributed by atoms with Crippen LogP contribution in [0.1, 0.15) is 17.5 Å². The van der Waals surface area contributed by atoms with Crippen molar-refractivity contribution in [2.45, 2.75) is 19.4 Å². The van der Waals surface area contributed by atoms with Crippen LogP contribution in [0.4, 0.5) is 0 Å². The van der Waals surface area contributed by atoms with Crippen LogP contribution in [0.5, 0.6) is 5.75 Å². The van der Waals surface area contributed by atoms with Gasteiger partial charge in [-0.1, -0.05) is 42.5 Å². The molecular weight excluding hydrogens is 280 g/mol. The molecular formula is C18H18O4. The highest BCUT2D eigenvalue weighted by Gasteiger charge is 2.15. The summed E-state index contributed by atoms with van der Waals surface area (Å²) in [5, 5.41) is 0. The van der Waals surface area contributed by atoms with Crippen molar-refractivity contribution < 1.29 is 19.1 Å². The molecule has 0 aliphatic rings. The molecule has 0 aliphatic heterocycles. The molecule has 0 aliphatic carbocycles. The molecule has 0 saturated carbocycles. The molecule has 0 N–H and O–H groups in total. The van der Waals surface area contributed by atoms with Gasteiger partial charge in [0.05, 0.1) is 7.11 Å². The van der Waals surface area contributed by atoms with Crippen molar-refractivity contribution >= 4 is 11.8 Å². The fraction of sp³-hybridized carbons (Fsp3) is 0.222. The van der Waals surface area contributed by atoms with Gasteiger partial charge in [-0.25, -0.2) is 4.79 Å². The van der Waals surface area contributed by atoms with E-state index in [-0.39, 0.29) is 13.0 Å². The van der Waals surface area contributed by atoms with Crippen LogP contribution >= 0.6 is 0 Å². The minimum Gasteiger partial charge on any atom is -0.497 e. The summed E-state index contributed by atoms with van der Waals surface area (Å²) in [6.07, 6.45) is 0.642. The third-order valence-electron chi connectivity index (χ3n) is 3.24. The molecule has 0 fully saturated rings. The van der Waals surface area contributed by atoms with Gasteiger partial charge >= 0.3 is 5.97 Å². The van der Waals surface area contributed by atoms with Gasteiger partial charge in [0.15, 0.2) is 0 Å². The molecule has 2 aromatic carbocycles. The SMILES string of the molecule is COc1ccc(CCC(=O)C(=O)OCc2ccccc2)cc1. The predicted octanol–water partition coefficient (Wildman–Crippen LogP) is 2.94. The molecule has 4 heteroatoms.